The van der Waals surface area contributed by atoms with E-state index >= 15 is 0 Å². The molecule has 0 unspecified atom stereocenters. The Morgan fingerprint density at radius 2 is 1.96 bits per heavy atom. The smallest absolute Gasteiger partial charge is 0.244 e. The van der Waals surface area contributed by atoms with E-state index in [2.05, 4.69) is 56.3 Å². The van der Waals surface area contributed by atoms with Gasteiger partial charge in [-0.05, 0) is 52.8 Å². The van der Waals surface area contributed by atoms with E-state index in [1.54, 1.807) is 17.4 Å². The largest absolute Gasteiger partial charge is 0.369 e. The molecule has 2 heterocycles. The van der Waals surface area contributed by atoms with Gasteiger partial charge in [0.15, 0.2) is 0 Å². The fourth-order valence-corrected chi connectivity index (χ4v) is 4.16. The van der Waals surface area contributed by atoms with Crippen LogP contribution >= 0.6 is 27.3 Å². The van der Waals surface area contributed by atoms with Crippen molar-refractivity contribution >= 4 is 44.9 Å². The van der Waals surface area contributed by atoms with Crippen LogP contribution < -0.4 is 10.2 Å². The second-order valence-corrected chi connectivity index (χ2v) is 8.61. The number of nitrogens with one attached hydrogen (secondary N) is 1. The van der Waals surface area contributed by atoms with Crippen LogP contribution in [0.3, 0.4) is 0 Å². The summed E-state index contributed by atoms with van der Waals surface area (Å²) in [5.41, 5.74) is 2.38. The van der Waals surface area contributed by atoms with Gasteiger partial charge >= 0.3 is 0 Å². The number of thiophene rings is 1. The number of nitrogens with zero attached hydrogens (tertiary/aromatic N) is 2. The van der Waals surface area contributed by atoms with Gasteiger partial charge < -0.3 is 15.1 Å². The molecule has 1 aliphatic heterocycles. The van der Waals surface area contributed by atoms with Crippen molar-refractivity contribution in [3.8, 4) is 0 Å². The van der Waals surface area contributed by atoms with Crippen molar-refractivity contribution < 1.29 is 4.79 Å². The molecular formula is C19H22BrN3OS. The van der Waals surface area contributed by atoms with Gasteiger partial charge in [-0.1, -0.05) is 18.2 Å². The highest BCUT2D eigenvalue weighted by Crippen LogP contribution is 2.23. The average molecular weight is 420 g/mol. The predicted octanol–water partition coefficient (Wildman–Crippen LogP) is 3.59. The van der Waals surface area contributed by atoms with Crippen LogP contribution in [0.4, 0.5) is 5.69 Å². The molecule has 0 radical (unpaired) electrons. The van der Waals surface area contributed by atoms with Crippen molar-refractivity contribution in [2.75, 3.05) is 38.1 Å². The fraction of sp³-hybridized carbons (Fsp3) is 0.316. The number of rotatable bonds is 5. The first kappa shape index (κ1) is 18.2. The van der Waals surface area contributed by atoms with Gasteiger partial charge in [-0.2, -0.15) is 0 Å². The summed E-state index contributed by atoms with van der Waals surface area (Å²) in [7, 11) is 2.15. The minimum absolute atomic E-state index is 0.0716. The van der Waals surface area contributed by atoms with Gasteiger partial charge in [-0.15, -0.1) is 11.3 Å². The van der Waals surface area contributed by atoms with Gasteiger partial charge in [-0.25, -0.2) is 0 Å². The van der Waals surface area contributed by atoms with Crippen molar-refractivity contribution in [1.29, 1.82) is 0 Å². The minimum Gasteiger partial charge on any atom is -0.369 e. The monoisotopic (exact) mass is 419 g/mol. The maximum atomic E-state index is 12.1. The highest BCUT2D eigenvalue weighted by atomic mass is 79.9. The third-order valence-electron chi connectivity index (χ3n) is 4.28. The summed E-state index contributed by atoms with van der Waals surface area (Å²) < 4.78 is 1.06. The maximum absolute atomic E-state index is 12.1. The zero-order chi connectivity index (χ0) is 17.6. The fourth-order valence-electron chi connectivity index (χ4n) is 2.83. The number of hydrogen-bond acceptors (Lipinski definition) is 4. The lowest BCUT2D eigenvalue weighted by molar-refractivity contribution is -0.116. The van der Waals surface area contributed by atoms with E-state index in [4.69, 9.17) is 0 Å². The lowest BCUT2D eigenvalue weighted by Gasteiger charge is -2.35. The van der Waals surface area contributed by atoms with Crippen LogP contribution in [0.25, 0.3) is 6.08 Å². The predicted molar refractivity (Wildman–Crippen MR) is 109 cm³/mol. The summed E-state index contributed by atoms with van der Waals surface area (Å²) in [6.07, 6.45) is 3.44. The standard InChI is InChI=1S/C19H22BrN3OS/c1-22-10-12-23(13-11-22)17-5-3-2-4-15(17)14-21-19(24)9-7-16-6-8-18(20)25-16/h2-9H,10-14H2,1H3,(H,21,24)/b9-7+. The van der Waals surface area contributed by atoms with E-state index < -0.39 is 0 Å². The number of amides is 1. The molecule has 4 nitrogen and oxygen atoms in total. The molecular weight excluding hydrogens is 398 g/mol. The molecule has 1 aliphatic rings. The van der Waals surface area contributed by atoms with Gasteiger partial charge in [0.05, 0.1) is 3.79 Å². The van der Waals surface area contributed by atoms with Crippen molar-refractivity contribution in [3.63, 3.8) is 0 Å². The molecule has 6 heteroatoms. The Morgan fingerprint density at radius 1 is 1.20 bits per heavy atom. The lowest BCUT2D eigenvalue weighted by atomic mass is 10.1. The first-order valence-corrected chi connectivity index (χ1v) is 9.95. The molecule has 0 bridgehead atoms. The zero-order valence-electron chi connectivity index (χ0n) is 14.2. The Bertz CT molecular complexity index is 751. The Kier molecular flexibility index (Phi) is 6.29. The van der Waals surface area contributed by atoms with Crippen molar-refractivity contribution in [1.82, 2.24) is 10.2 Å². The molecule has 1 N–H and O–H groups in total. The summed E-state index contributed by atoms with van der Waals surface area (Å²) in [4.78, 5) is 17.9. The topological polar surface area (TPSA) is 35.6 Å². The Morgan fingerprint density at radius 3 is 2.68 bits per heavy atom. The molecule has 0 atom stereocenters. The first-order valence-electron chi connectivity index (χ1n) is 8.34. The number of carbonyl (C=O) groups is 1. The van der Waals surface area contributed by atoms with Crippen molar-refractivity contribution in [2.45, 2.75) is 6.54 Å². The van der Waals surface area contributed by atoms with Gasteiger partial charge in [-0.3, -0.25) is 4.79 Å². The number of likely N-dealkylation sites (N-methyl/N-ethyl adjacent to an activating group) is 1. The van der Waals surface area contributed by atoms with Crippen LogP contribution in [-0.4, -0.2) is 44.0 Å². The Balaban J connectivity index is 1.59. The van der Waals surface area contributed by atoms with Crippen LogP contribution in [0.5, 0.6) is 0 Å². The maximum Gasteiger partial charge on any atom is 0.244 e. The average Bonchev–Trinajstić information content (AvgIpc) is 3.04. The van der Waals surface area contributed by atoms with E-state index in [0.717, 1.165) is 40.4 Å². The molecule has 3 rings (SSSR count). The summed E-state index contributed by atoms with van der Waals surface area (Å²) in [6.45, 7) is 4.72. The number of halogens is 1. The summed E-state index contributed by atoms with van der Waals surface area (Å²) >= 11 is 5.03. The molecule has 1 aromatic heterocycles. The van der Waals surface area contributed by atoms with Gasteiger partial charge in [0.1, 0.15) is 0 Å². The van der Waals surface area contributed by atoms with Crippen LogP contribution in [0, 0.1) is 0 Å². The molecule has 25 heavy (non-hydrogen) atoms. The first-order chi connectivity index (χ1) is 12.1. The second kappa shape index (κ2) is 8.65. The van der Waals surface area contributed by atoms with Crippen LogP contribution in [0.1, 0.15) is 10.4 Å². The number of benzene rings is 1. The third-order valence-corrected chi connectivity index (χ3v) is 5.87. The van der Waals surface area contributed by atoms with Crippen LogP contribution in [0.2, 0.25) is 0 Å². The molecule has 0 spiro atoms. The van der Waals surface area contributed by atoms with Crippen molar-refractivity contribution in [2.24, 2.45) is 0 Å². The highest BCUT2D eigenvalue weighted by Gasteiger charge is 2.16. The number of para-hydroxylation sites is 1. The normalized spacial score (nSPS) is 15.7. The summed E-state index contributed by atoms with van der Waals surface area (Å²) in [6, 6.07) is 12.3. The van der Waals surface area contributed by atoms with Gasteiger partial charge in [0, 0.05) is 49.4 Å². The highest BCUT2D eigenvalue weighted by molar-refractivity contribution is 9.11. The van der Waals surface area contributed by atoms with E-state index in [0.29, 0.717) is 6.54 Å². The number of piperazine rings is 1. The molecule has 1 aromatic carbocycles. The molecule has 0 aliphatic carbocycles. The minimum atomic E-state index is -0.0716. The molecule has 1 fully saturated rings. The Hall–Kier alpha value is -1.63. The molecule has 132 valence electrons. The lowest BCUT2D eigenvalue weighted by Crippen LogP contribution is -2.45. The van der Waals surface area contributed by atoms with E-state index in [-0.39, 0.29) is 5.91 Å². The molecule has 2 aromatic rings. The number of hydrogen-bond donors (Lipinski definition) is 1. The molecule has 1 amide bonds. The number of anilines is 1. The van der Waals surface area contributed by atoms with Crippen LogP contribution in [-0.2, 0) is 11.3 Å². The zero-order valence-corrected chi connectivity index (χ0v) is 16.6. The quantitative estimate of drug-likeness (QED) is 0.751. The van der Waals surface area contributed by atoms with E-state index in [1.807, 2.05) is 24.3 Å². The van der Waals surface area contributed by atoms with E-state index in [1.165, 1.54) is 5.69 Å². The molecule has 0 saturated carbocycles. The van der Waals surface area contributed by atoms with E-state index in [9.17, 15) is 4.79 Å². The Labute approximate surface area is 161 Å². The summed E-state index contributed by atoms with van der Waals surface area (Å²) in [5, 5.41) is 2.99. The summed E-state index contributed by atoms with van der Waals surface area (Å²) in [5.74, 6) is -0.0716. The van der Waals surface area contributed by atoms with Gasteiger partial charge in [0.2, 0.25) is 5.91 Å². The van der Waals surface area contributed by atoms with Crippen LogP contribution in [0.15, 0.2) is 46.3 Å². The van der Waals surface area contributed by atoms with Gasteiger partial charge in [0.25, 0.3) is 0 Å². The van der Waals surface area contributed by atoms with Crippen molar-refractivity contribution in [3.05, 3.63) is 56.7 Å². The second-order valence-electron chi connectivity index (χ2n) is 6.11. The number of carbonyl (C=O) groups excluding carboxylic acids is 1. The molecule has 1 saturated heterocycles. The third kappa shape index (κ3) is 5.17. The SMILES string of the molecule is CN1CCN(c2ccccc2CNC(=O)/C=C/c2ccc(Br)s2)CC1.